The van der Waals surface area contributed by atoms with E-state index in [1.165, 1.54) is 0 Å². The van der Waals surface area contributed by atoms with Gasteiger partial charge in [0.2, 0.25) is 5.88 Å². The van der Waals surface area contributed by atoms with Crippen LogP contribution in [0.15, 0.2) is 42.7 Å². The molecule has 0 aliphatic carbocycles. The molecule has 2 heterocycles. The Bertz CT molecular complexity index is 638. The second-order valence-corrected chi connectivity index (χ2v) is 5.73. The van der Waals surface area contributed by atoms with Gasteiger partial charge in [-0.1, -0.05) is 30.3 Å². The molecule has 2 unspecified atom stereocenters. The molecule has 6 heteroatoms. The predicted octanol–water partition coefficient (Wildman–Crippen LogP) is 2.20. The van der Waals surface area contributed by atoms with E-state index in [1.807, 2.05) is 37.3 Å². The van der Waals surface area contributed by atoms with E-state index in [-0.39, 0.29) is 6.04 Å². The Labute approximate surface area is 142 Å². The van der Waals surface area contributed by atoms with Crippen LogP contribution in [0.1, 0.15) is 25.0 Å². The molecule has 1 fully saturated rings. The molecule has 0 amide bonds. The quantitative estimate of drug-likeness (QED) is 0.876. The smallest absolute Gasteiger partial charge is 0.234 e. The molecule has 0 spiro atoms. The number of aliphatic hydroxyl groups excluding tert-OH is 1. The second kappa shape index (κ2) is 8.08. The third-order valence-electron chi connectivity index (χ3n) is 4.09. The first-order valence-electron chi connectivity index (χ1n) is 8.30. The molecule has 24 heavy (non-hydrogen) atoms. The highest BCUT2D eigenvalue weighted by Gasteiger charge is 2.27. The molecule has 0 saturated carbocycles. The van der Waals surface area contributed by atoms with Crippen molar-refractivity contribution in [1.29, 1.82) is 0 Å². The lowest BCUT2D eigenvalue weighted by molar-refractivity contribution is 0.0675. The maximum absolute atomic E-state index is 10.5. The highest BCUT2D eigenvalue weighted by atomic mass is 16.5. The highest BCUT2D eigenvalue weighted by molar-refractivity contribution is 5.40. The van der Waals surface area contributed by atoms with Crippen molar-refractivity contribution in [2.45, 2.75) is 25.5 Å². The average molecular weight is 329 g/mol. The van der Waals surface area contributed by atoms with Gasteiger partial charge in [-0.25, -0.2) is 0 Å². The van der Waals surface area contributed by atoms with Crippen molar-refractivity contribution in [2.75, 3.05) is 31.3 Å². The summed E-state index contributed by atoms with van der Waals surface area (Å²) < 4.78 is 11.1. The molecular formula is C18H23N3O3. The van der Waals surface area contributed by atoms with E-state index in [1.54, 1.807) is 12.4 Å². The molecule has 1 aromatic heterocycles. The van der Waals surface area contributed by atoms with Crippen LogP contribution >= 0.6 is 0 Å². The van der Waals surface area contributed by atoms with Crippen LogP contribution in [0.2, 0.25) is 0 Å². The Balaban J connectivity index is 1.74. The van der Waals surface area contributed by atoms with Gasteiger partial charge in [0.25, 0.3) is 0 Å². The van der Waals surface area contributed by atoms with Crippen LogP contribution in [0.4, 0.5) is 5.82 Å². The molecule has 128 valence electrons. The van der Waals surface area contributed by atoms with Crippen molar-refractivity contribution in [1.82, 2.24) is 9.97 Å². The van der Waals surface area contributed by atoms with Crippen molar-refractivity contribution in [3.63, 3.8) is 0 Å². The summed E-state index contributed by atoms with van der Waals surface area (Å²) in [6, 6.07) is 9.74. The third kappa shape index (κ3) is 4.01. The number of benzene rings is 1. The van der Waals surface area contributed by atoms with Gasteiger partial charge in [-0.3, -0.25) is 4.98 Å². The van der Waals surface area contributed by atoms with Gasteiger partial charge in [-0.2, -0.15) is 4.98 Å². The van der Waals surface area contributed by atoms with E-state index in [0.717, 1.165) is 17.9 Å². The molecule has 3 rings (SSSR count). The zero-order valence-corrected chi connectivity index (χ0v) is 13.8. The molecule has 6 nitrogen and oxygen atoms in total. The minimum atomic E-state index is -0.538. The van der Waals surface area contributed by atoms with Gasteiger partial charge >= 0.3 is 0 Å². The summed E-state index contributed by atoms with van der Waals surface area (Å²) in [5, 5.41) is 10.5. The number of ether oxygens (including phenoxy) is 2. The van der Waals surface area contributed by atoms with E-state index in [0.29, 0.717) is 32.1 Å². The number of aliphatic hydroxyl groups is 1. The first-order valence-corrected chi connectivity index (χ1v) is 8.30. The van der Waals surface area contributed by atoms with Crippen molar-refractivity contribution in [2.24, 2.45) is 0 Å². The van der Waals surface area contributed by atoms with Crippen LogP contribution in [0.5, 0.6) is 5.88 Å². The highest BCUT2D eigenvalue weighted by Crippen LogP contribution is 2.26. The van der Waals surface area contributed by atoms with Crippen molar-refractivity contribution < 1.29 is 14.6 Å². The zero-order valence-electron chi connectivity index (χ0n) is 13.8. The maximum Gasteiger partial charge on any atom is 0.234 e. The van der Waals surface area contributed by atoms with Gasteiger partial charge < -0.3 is 19.5 Å². The summed E-state index contributed by atoms with van der Waals surface area (Å²) in [6.07, 6.45) is 3.38. The number of anilines is 1. The lowest BCUT2D eigenvalue weighted by atomic mass is 10.0. The summed E-state index contributed by atoms with van der Waals surface area (Å²) >= 11 is 0. The van der Waals surface area contributed by atoms with E-state index in [4.69, 9.17) is 9.47 Å². The molecule has 1 aliphatic rings. The summed E-state index contributed by atoms with van der Waals surface area (Å²) in [4.78, 5) is 10.9. The van der Waals surface area contributed by atoms with Gasteiger partial charge in [0, 0.05) is 13.0 Å². The molecule has 1 saturated heterocycles. The first-order chi connectivity index (χ1) is 11.8. The summed E-state index contributed by atoms with van der Waals surface area (Å²) in [5.74, 6) is 1.28. The number of hydrogen-bond acceptors (Lipinski definition) is 6. The Kier molecular flexibility index (Phi) is 5.61. The molecule has 1 aliphatic heterocycles. The fourth-order valence-corrected chi connectivity index (χ4v) is 2.91. The zero-order chi connectivity index (χ0) is 16.8. The molecule has 0 radical (unpaired) electrons. The standard InChI is InChI=1S/C18H23N3O3/c1-2-24-18-12-19-11-17(20-18)21-8-9-23-13-15(21)10-16(22)14-6-4-3-5-7-14/h3-7,11-12,15-16,22H,2,8-10,13H2,1H3. The van der Waals surface area contributed by atoms with Crippen LogP contribution in [0, 0.1) is 0 Å². The van der Waals surface area contributed by atoms with Crippen LogP contribution in [-0.4, -0.2) is 47.5 Å². The summed E-state index contributed by atoms with van der Waals surface area (Å²) in [7, 11) is 0. The fourth-order valence-electron chi connectivity index (χ4n) is 2.91. The molecule has 2 atom stereocenters. The molecule has 2 aromatic rings. The van der Waals surface area contributed by atoms with Gasteiger partial charge in [0.05, 0.1) is 44.4 Å². The van der Waals surface area contributed by atoms with Crippen molar-refractivity contribution >= 4 is 5.82 Å². The number of rotatable bonds is 6. The summed E-state index contributed by atoms with van der Waals surface area (Å²) in [5.41, 5.74) is 0.914. The van der Waals surface area contributed by atoms with Gasteiger partial charge in [-0.05, 0) is 12.5 Å². The van der Waals surface area contributed by atoms with Crippen LogP contribution in [0.25, 0.3) is 0 Å². The van der Waals surface area contributed by atoms with Crippen molar-refractivity contribution in [3.8, 4) is 5.88 Å². The number of morpholine rings is 1. The monoisotopic (exact) mass is 329 g/mol. The van der Waals surface area contributed by atoms with E-state index in [9.17, 15) is 5.11 Å². The van der Waals surface area contributed by atoms with E-state index >= 15 is 0 Å². The number of nitrogens with zero attached hydrogens (tertiary/aromatic N) is 3. The molecule has 0 bridgehead atoms. The van der Waals surface area contributed by atoms with E-state index in [2.05, 4.69) is 14.9 Å². The lowest BCUT2D eigenvalue weighted by Gasteiger charge is -2.37. The van der Waals surface area contributed by atoms with Gasteiger partial charge in [-0.15, -0.1) is 0 Å². The molecule has 1 aromatic carbocycles. The topological polar surface area (TPSA) is 67.7 Å². The molecule has 1 N–H and O–H groups in total. The normalized spacial score (nSPS) is 19.1. The minimum absolute atomic E-state index is 0.0418. The summed E-state index contributed by atoms with van der Waals surface area (Å²) in [6.45, 7) is 4.39. The first kappa shape index (κ1) is 16.7. The minimum Gasteiger partial charge on any atom is -0.477 e. The van der Waals surface area contributed by atoms with Crippen LogP contribution in [-0.2, 0) is 4.74 Å². The fraction of sp³-hybridized carbons (Fsp3) is 0.444. The predicted molar refractivity (Wildman–Crippen MR) is 91.2 cm³/mol. The SMILES string of the molecule is CCOc1cncc(N2CCOCC2CC(O)c2ccccc2)n1. The Hall–Kier alpha value is -2.18. The number of hydrogen-bond donors (Lipinski definition) is 1. The number of aromatic nitrogens is 2. The van der Waals surface area contributed by atoms with E-state index < -0.39 is 6.10 Å². The Morgan fingerprint density at radius 3 is 2.96 bits per heavy atom. The molecular weight excluding hydrogens is 306 g/mol. The third-order valence-corrected chi connectivity index (χ3v) is 4.09. The Morgan fingerprint density at radius 1 is 1.33 bits per heavy atom. The van der Waals surface area contributed by atoms with Gasteiger partial charge in [0.15, 0.2) is 5.82 Å². The van der Waals surface area contributed by atoms with Gasteiger partial charge in [0.1, 0.15) is 0 Å². The van der Waals surface area contributed by atoms with Crippen LogP contribution < -0.4 is 9.64 Å². The van der Waals surface area contributed by atoms with Crippen molar-refractivity contribution in [3.05, 3.63) is 48.3 Å². The Morgan fingerprint density at radius 2 is 2.17 bits per heavy atom. The maximum atomic E-state index is 10.5. The van der Waals surface area contributed by atoms with Crippen LogP contribution in [0.3, 0.4) is 0 Å². The lowest BCUT2D eigenvalue weighted by Crippen LogP contribution is -2.46. The largest absolute Gasteiger partial charge is 0.477 e. The second-order valence-electron chi connectivity index (χ2n) is 5.73. The average Bonchev–Trinajstić information content (AvgIpc) is 2.63.